The standard InChI is InChI=1S/C35H66N2O6/c1-8-9-10-11-12-13-14-15-16-17-18-19-20-23-29(27(2)3)32(40)36-24-21-22-28(25-30(38)39)37-33(41)31-34(4,5)26-42-35(6,7)43-31/h27-29,31H,8-26H2,1-7H3,(H,36,40)(H,37,41)(H,38,39). The number of ether oxygens (including phenoxy) is 2. The maximum absolute atomic E-state index is 13.1. The molecule has 0 saturated carbocycles. The molecule has 3 N–H and O–H groups in total. The fraction of sp³-hybridized carbons (Fsp3) is 0.914. The van der Waals surface area contributed by atoms with E-state index < -0.39 is 29.3 Å². The third-order valence-corrected chi connectivity index (χ3v) is 8.70. The van der Waals surface area contributed by atoms with Gasteiger partial charge in [0.05, 0.1) is 13.0 Å². The van der Waals surface area contributed by atoms with Gasteiger partial charge in [-0.25, -0.2) is 0 Å². The molecule has 0 spiro atoms. The molecule has 8 heteroatoms. The van der Waals surface area contributed by atoms with Crippen LogP contribution in [0.3, 0.4) is 0 Å². The molecular formula is C35H66N2O6. The molecule has 1 rings (SSSR count). The van der Waals surface area contributed by atoms with Gasteiger partial charge in [0.15, 0.2) is 5.79 Å². The molecule has 8 nitrogen and oxygen atoms in total. The summed E-state index contributed by atoms with van der Waals surface area (Å²) in [5, 5.41) is 15.4. The Kier molecular flexibility index (Phi) is 19.3. The van der Waals surface area contributed by atoms with E-state index in [-0.39, 0.29) is 30.1 Å². The Morgan fingerprint density at radius 3 is 1.86 bits per heavy atom. The number of hydrogen-bond donors (Lipinski definition) is 3. The Hall–Kier alpha value is -1.67. The van der Waals surface area contributed by atoms with Gasteiger partial charge in [0.2, 0.25) is 11.8 Å². The second kappa shape index (κ2) is 21.1. The van der Waals surface area contributed by atoms with Gasteiger partial charge in [0.25, 0.3) is 0 Å². The smallest absolute Gasteiger partial charge is 0.305 e. The summed E-state index contributed by atoms with van der Waals surface area (Å²) in [6, 6.07) is -0.543. The molecule has 0 aromatic rings. The van der Waals surface area contributed by atoms with Crippen molar-refractivity contribution in [3.05, 3.63) is 0 Å². The lowest BCUT2D eigenvalue weighted by Gasteiger charge is -2.45. The molecular weight excluding hydrogens is 544 g/mol. The molecule has 0 radical (unpaired) electrons. The molecule has 1 saturated heterocycles. The fourth-order valence-corrected chi connectivity index (χ4v) is 5.87. The predicted molar refractivity (Wildman–Crippen MR) is 174 cm³/mol. The van der Waals surface area contributed by atoms with Crippen LogP contribution >= 0.6 is 0 Å². The Labute approximate surface area is 263 Å². The summed E-state index contributed by atoms with van der Waals surface area (Å²) in [7, 11) is 0. The molecule has 3 atom stereocenters. The van der Waals surface area contributed by atoms with Crippen LogP contribution in [0.15, 0.2) is 0 Å². The number of unbranched alkanes of at least 4 members (excludes halogenated alkanes) is 12. The van der Waals surface area contributed by atoms with Crippen molar-refractivity contribution in [2.24, 2.45) is 17.3 Å². The Morgan fingerprint density at radius 1 is 0.814 bits per heavy atom. The normalized spacial score (nSPS) is 19.1. The largest absolute Gasteiger partial charge is 0.481 e. The molecule has 0 bridgehead atoms. The number of carboxylic acid groups (broad SMARTS) is 1. The SMILES string of the molecule is CCCCCCCCCCCCCCCC(C(=O)NCCCC(CC(=O)O)NC(=O)C1OC(C)(C)OCC1(C)C)C(C)C. The first-order valence-electron chi connectivity index (χ1n) is 17.4. The number of amides is 2. The number of rotatable bonds is 24. The van der Waals surface area contributed by atoms with Crippen LogP contribution in [-0.2, 0) is 23.9 Å². The molecule has 43 heavy (non-hydrogen) atoms. The van der Waals surface area contributed by atoms with Gasteiger partial charge in [-0.05, 0) is 39.0 Å². The molecule has 2 amide bonds. The van der Waals surface area contributed by atoms with Crippen LogP contribution in [0.25, 0.3) is 0 Å². The van der Waals surface area contributed by atoms with Crippen LogP contribution in [-0.4, -0.2) is 54.0 Å². The maximum Gasteiger partial charge on any atom is 0.305 e. The molecule has 1 aliphatic rings. The van der Waals surface area contributed by atoms with Crippen LogP contribution in [0.4, 0.5) is 0 Å². The van der Waals surface area contributed by atoms with Crippen LogP contribution < -0.4 is 10.6 Å². The monoisotopic (exact) mass is 610 g/mol. The van der Waals surface area contributed by atoms with Crippen molar-refractivity contribution < 1.29 is 29.0 Å². The molecule has 1 fully saturated rings. The zero-order valence-corrected chi connectivity index (χ0v) is 28.7. The lowest BCUT2D eigenvalue weighted by molar-refractivity contribution is -0.304. The van der Waals surface area contributed by atoms with Gasteiger partial charge in [0.1, 0.15) is 6.10 Å². The minimum absolute atomic E-state index is 0.0153. The van der Waals surface area contributed by atoms with Gasteiger partial charge in [-0.15, -0.1) is 0 Å². The van der Waals surface area contributed by atoms with E-state index in [1.54, 1.807) is 13.8 Å². The van der Waals surface area contributed by atoms with E-state index in [2.05, 4.69) is 31.4 Å². The summed E-state index contributed by atoms with van der Waals surface area (Å²) in [5.74, 6) is -1.85. The third-order valence-electron chi connectivity index (χ3n) is 8.70. The molecule has 0 aromatic heterocycles. The number of carbonyl (C=O) groups excluding carboxylic acids is 2. The van der Waals surface area contributed by atoms with Gasteiger partial charge in [-0.1, -0.05) is 118 Å². The molecule has 3 unspecified atom stereocenters. The van der Waals surface area contributed by atoms with E-state index >= 15 is 0 Å². The van der Waals surface area contributed by atoms with Crippen molar-refractivity contribution in [2.45, 2.75) is 176 Å². The zero-order valence-electron chi connectivity index (χ0n) is 28.7. The van der Waals surface area contributed by atoms with E-state index in [0.29, 0.717) is 26.0 Å². The van der Waals surface area contributed by atoms with Crippen molar-refractivity contribution in [1.82, 2.24) is 10.6 Å². The van der Waals surface area contributed by atoms with Crippen LogP contribution in [0, 0.1) is 17.3 Å². The number of nitrogens with one attached hydrogen (secondary N) is 2. The Bertz CT molecular complexity index is 797. The number of hydrogen-bond acceptors (Lipinski definition) is 5. The minimum atomic E-state index is -0.973. The summed E-state index contributed by atoms with van der Waals surface area (Å²) < 4.78 is 11.6. The van der Waals surface area contributed by atoms with E-state index in [1.165, 1.54) is 77.0 Å². The van der Waals surface area contributed by atoms with Gasteiger partial charge in [-0.3, -0.25) is 14.4 Å². The molecule has 252 valence electrons. The van der Waals surface area contributed by atoms with Crippen LogP contribution in [0.1, 0.15) is 158 Å². The first-order valence-corrected chi connectivity index (χ1v) is 17.4. The highest BCUT2D eigenvalue weighted by Gasteiger charge is 2.46. The maximum atomic E-state index is 13.1. The molecule has 0 aromatic carbocycles. The summed E-state index contributed by atoms with van der Waals surface area (Å²) in [5.41, 5.74) is -0.541. The number of aliphatic carboxylic acids is 1. The second-order valence-corrected chi connectivity index (χ2v) is 14.3. The average molecular weight is 611 g/mol. The van der Waals surface area contributed by atoms with E-state index in [1.807, 2.05) is 13.8 Å². The highest BCUT2D eigenvalue weighted by Crippen LogP contribution is 2.35. The lowest BCUT2D eigenvalue weighted by Crippen LogP contribution is -2.57. The third kappa shape index (κ3) is 17.4. The fourth-order valence-electron chi connectivity index (χ4n) is 5.87. The van der Waals surface area contributed by atoms with Crippen LogP contribution in [0.2, 0.25) is 0 Å². The molecule has 1 aliphatic heterocycles. The summed E-state index contributed by atoms with van der Waals surface area (Å²) in [6.45, 7) is 14.6. The highest BCUT2D eigenvalue weighted by molar-refractivity contribution is 5.82. The van der Waals surface area contributed by atoms with Gasteiger partial charge in [-0.2, -0.15) is 0 Å². The quantitative estimate of drug-likeness (QED) is 0.0962. The van der Waals surface area contributed by atoms with Crippen LogP contribution in [0.5, 0.6) is 0 Å². The summed E-state index contributed by atoms with van der Waals surface area (Å²) in [6.07, 6.45) is 18.1. The summed E-state index contributed by atoms with van der Waals surface area (Å²) >= 11 is 0. The lowest BCUT2D eigenvalue weighted by atomic mass is 9.85. The Morgan fingerprint density at radius 2 is 1.35 bits per heavy atom. The van der Waals surface area contributed by atoms with Gasteiger partial charge >= 0.3 is 5.97 Å². The van der Waals surface area contributed by atoms with E-state index in [4.69, 9.17) is 9.47 Å². The number of carbonyl (C=O) groups is 3. The molecule has 0 aliphatic carbocycles. The number of carboxylic acids is 1. The first-order chi connectivity index (χ1) is 20.3. The highest BCUT2D eigenvalue weighted by atomic mass is 16.7. The van der Waals surface area contributed by atoms with E-state index in [9.17, 15) is 19.5 Å². The van der Waals surface area contributed by atoms with E-state index in [0.717, 1.165) is 12.8 Å². The van der Waals surface area contributed by atoms with Gasteiger partial charge < -0.3 is 25.2 Å². The van der Waals surface area contributed by atoms with Crippen molar-refractivity contribution in [1.29, 1.82) is 0 Å². The minimum Gasteiger partial charge on any atom is -0.481 e. The van der Waals surface area contributed by atoms with Crippen molar-refractivity contribution >= 4 is 17.8 Å². The van der Waals surface area contributed by atoms with Crippen molar-refractivity contribution in [3.63, 3.8) is 0 Å². The zero-order chi connectivity index (χ0) is 32.3. The summed E-state index contributed by atoms with van der Waals surface area (Å²) in [4.78, 5) is 37.6. The molecule has 1 heterocycles. The Balaban J connectivity index is 2.34. The van der Waals surface area contributed by atoms with Crippen molar-refractivity contribution in [3.8, 4) is 0 Å². The predicted octanol–water partition coefficient (Wildman–Crippen LogP) is 7.77. The van der Waals surface area contributed by atoms with Crippen molar-refractivity contribution in [2.75, 3.05) is 13.2 Å². The topological polar surface area (TPSA) is 114 Å². The second-order valence-electron chi connectivity index (χ2n) is 14.3. The first kappa shape index (κ1) is 39.4. The average Bonchev–Trinajstić information content (AvgIpc) is 2.92. The van der Waals surface area contributed by atoms with Gasteiger partial charge in [0, 0.05) is 23.9 Å².